The molecule has 2 aromatic rings. The monoisotopic (exact) mass is 382 g/mol. The number of benzene rings is 1. The van der Waals surface area contributed by atoms with Crippen molar-refractivity contribution in [3.8, 4) is 16.9 Å². The maximum Gasteiger partial charge on any atom is 0.227 e. The van der Waals surface area contributed by atoms with Crippen molar-refractivity contribution >= 4 is 11.6 Å². The molecule has 1 N–H and O–H groups in total. The summed E-state index contributed by atoms with van der Waals surface area (Å²) >= 11 is 0. The molecule has 1 fully saturated rings. The molecule has 6 nitrogen and oxygen atoms in total. The number of carbonyl (C=O) groups excluding carboxylic acids is 1. The number of ether oxygens (including phenoxy) is 1. The van der Waals surface area contributed by atoms with Crippen molar-refractivity contribution in [3.63, 3.8) is 0 Å². The Hall–Kier alpha value is -2.47. The number of hydrogen-bond acceptors (Lipinski definition) is 5. The Morgan fingerprint density at radius 2 is 1.86 bits per heavy atom. The van der Waals surface area contributed by atoms with Gasteiger partial charge in [0.05, 0.1) is 0 Å². The average Bonchev–Trinajstić information content (AvgIpc) is 3.52. The van der Waals surface area contributed by atoms with Gasteiger partial charge in [-0.15, -0.1) is 0 Å². The minimum Gasteiger partial charge on any atom is -0.492 e. The molecule has 1 heterocycles. The Morgan fingerprint density at radius 1 is 1.18 bits per heavy atom. The van der Waals surface area contributed by atoms with Crippen LogP contribution in [0.4, 0.5) is 5.69 Å². The van der Waals surface area contributed by atoms with E-state index in [-0.39, 0.29) is 11.8 Å². The first-order valence-corrected chi connectivity index (χ1v) is 10.1. The zero-order chi connectivity index (χ0) is 20.1. The normalized spacial score (nSPS) is 13.6. The van der Waals surface area contributed by atoms with Gasteiger partial charge in [-0.3, -0.25) is 4.79 Å². The van der Waals surface area contributed by atoms with E-state index >= 15 is 0 Å². The van der Waals surface area contributed by atoms with Gasteiger partial charge in [-0.1, -0.05) is 13.8 Å². The van der Waals surface area contributed by atoms with Gasteiger partial charge in [-0.25, -0.2) is 9.97 Å². The predicted molar refractivity (Wildman–Crippen MR) is 112 cm³/mol. The second-order valence-corrected chi connectivity index (χ2v) is 7.27. The summed E-state index contributed by atoms with van der Waals surface area (Å²) in [6.07, 6.45) is 3.54. The number of carbonyl (C=O) groups is 1. The summed E-state index contributed by atoms with van der Waals surface area (Å²) in [7, 11) is 0. The van der Waals surface area contributed by atoms with Gasteiger partial charge < -0.3 is 15.0 Å². The van der Waals surface area contributed by atoms with Gasteiger partial charge in [0.2, 0.25) is 5.91 Å². The Labute approximate surface area is 167 Å². The number of hydrogen-bond donors (Lipinski definition) is 1. The zero-order valence-corrected chi connectivity index (χ0v) is 17.3. The molecule has 0 aliphatic heterocycles. The average molecular weight is 383 g/mol. The van der Waals surface area contributed by atoms with Crippen LogP contribution in [0, 0.1) is 19.8 Å². The number of aryl methyl sites for hydroxylation is 2. The van der Waals surface area contributed by atoms with E-state index in [9.17, 15) is 4.79 Å². The van der Waals surface area contributed by atoms with E-state index in [1.54, 1.807) is 6.33 Å². The molecule has 0 bridgehead atoms. The molecule has 3 rings (SSSR count). The lowest BCUT2D eigenvalue weighted by atomic mass is 10.0. The highest BCUT2D eigenvalue weighted by Gasteiger charge is 2.29. The highest BCUT2D eigenvalue weighted by Crippen LogP contribution is 2.36. The molecule has 1 saturated carbocycles. The first-order valence-electron chi connectivity index (χ1n) is 10.1. The van der Waals surface area contributed by atoms with Crippen molar-refractivity contribution in [1.82, 2.24) is 14.9 Å². The Bertz CT molecular complexity index is 809. The maximum atomic E-state index is 12.2. The topological polar surface area (TPSA) is 67.3 Å². The van der Waals surface area contributed by atoms with Crippen LogP contribution in [0.2, 0.25) is 0 Å². The quantitative estimate of drug-likeness (QED) is 0.714. The van der Waals surface area contributed by atoms with Crippen LogP contribution in [-0.2, 0) is 4.79 Å². The second kappa shape index (κ2) is 9.15. The fourth-order valence-corrected chi connectivity index (χ4v) is 3.33. The lowest BCUT2D eigenvalue weighted by molar-refractivity contribution is -0.117. The summed E-state index contributed by atoms with van der Waals surface area (Å²) < 4.78 is 6.15. The first-order chi connectivity index (χ1) is 13.5. The van der Waals surface area contributed by atoms with Crippen molar-refractivity contribution in [1.29, 1.82) is 0 Å². The van der Waals surface area contributed by atoms with Gasteiger partial charge in [0.15, 0.2) is 0 Å². The molecular formula is C22H30N4O2. The smallest absolute Gasteiger partial charge is 0.227 e. The minimum absolute atomic E-state index is 0.0962. The third kappa shape index (κ3) is 4.87. The first kappa shape index (κ1) is 20.3. The SMILES string of the molecule is CCN(CC)CCOc1ccc(NC(=O)C2CC2)cc1-c1c(C)ncnc1C. The van der Waals surface area contributed by atoms with E-state index in [0.29, 0.717) is 6.61 Å². The summed E-state index contributed by atoms with van der Waals surface area (Å²) in [5, 5.41) is 3.03. The molecule has 6 heteroatoms. The van der Waals surface area contributed by atoms with E-state index in [4.69, 9.17) is 4.74 Å². The molecule has 0 saturated heterocycles. The van der Waals surface area contributed by atoms with Crippen LogP contribution in [0.15, 0.2) is 24.5 Å². The number of amides is 1. The summed E-state index contributed by atoms with van der Waals surface area (Å²) in [5.41, 5.74) is 4.45. The fraction of sp³-hybridized carbons (Fsp3) is 0.500. The van der Waals surface area contributed by atoms with E-state index in [1.165, 1.54) is 0 Å². The third-order valence-electron chi connectivity index (χ3n) is 5.25. The highest BCUT2D eigenvalue weighted by atomic mass is 16.5. The summed E-state index contributed by atoms with van der Waals surface area (Å²) in [5.74, 6) is 1.05. The van der Waals surface area contributed by atoms with Crippen LogP contribution in [0.1, 0.15) is 38.1 Å². The van der Waals surface area contributed by atoms with E-state index in [0.717, 1.165) is 66.4 Å². The van der Waals surface area contributed by atoms with Crippen molar-refractivity contribution in [2.75, 3.05) is 31.6 Å². The van der Waals surface area contributed by atoms with Crippen LogP contribution in [0.25, 0.3) is 11.1 Å². The fourth-order valence-electron chi connectivity index (χ4n) is 3.33. The number of aromatic nitrogens is 2. The van der Waals surface area contributed by atoms with Crippen LogP contribution >= 0.6 is 0 Å². The van der Waals surface area contributed by atoms with Crippen molar-refractivity contribution in [2.24, 2.45) is 5.92 Å². The molecule has 28 heavy (non-hydrogen) atoms. The van der Waals surface area contributed by atoms with E-state index < -0.39 is 0 Å². The van der Waals surface area contributed by atoms with Crippen LogP contribution in [0.3, 0.4) is 0 Å². The number of nitrogens with one attached hydrogen (secondary N) is 1. The summed E-state index contributed by atoms with van der Waals surface area (Å²) in [4.78, 5) is 23.2. The largest absolute Gasteiger partial charge is 0.492 e. The number of likely N-dealkylation sites (N-methyl/N-ethyl adjacent to an activating group) is 1. The van der Waals surface area contributed by atoms with Gasteiger partial charge in [0, 0.05) is 40.7 Å². The van der Waals surface area contributed by atoms with Crippen molar-refractivity contribution in [3.05, 3.63) is 35.9 Å². The molecular weight excluding hydrogens is 352 g/mol. The Kier molecular flexibility index (Phi) is 6.62. The maximum absolute atomic E-state index is 12.2. The van der Waals surface area contributed by atoms with Crippen LogP contribution in [-0.4, -0.2) is 47.0 Å². The lowest BCUT2D eigenvalue weighted by Gasteiger charge is -2.20. The van der Waals surface area contributed by atoms with Gasteiger partial charge in [0.25, 0.3) is 0 Å². The zero-order valence-electron chi connectivity index (χ0n) is 17.3. The van der Waals surface area contributed by atoms with E-state index in [2.05, 4.69) is 34.0 Å². The predicted octanol–water partition coefficient (Wildman–Crippen LogP) is 3.83. The molecule has 0 radical (unpaired) electrons. The molecule has 1 amide bonds. The van der Waals surface area contributed by atoms with Gasteiger partial charge in [-0.05, 0) is 58.0 Å². The molecule has 1 aliphatic carbocycles. The highest BCUT2D eigenvalue weighted by molar-refractivity contribution is 5.95. The van der Waals surface area contributed by atoms with Gasteiger partial charge in [0.1, 0.15) is 18.7 Å². The number of anilines is 1. The number of nitrogens with zero attached hydrogens (tertiary/aromatic N) is 3. The minimum atomic E-state index is 0.0962. The van der Waals surface area contributed by atoms with Gasteiger partial charge >= 0.3 is 0 Å². The molecule has 1 aromatic heterocycles. The summed E-state index contributed by atoms with van der Waals surface area (Å²) in [6.45, 7) is 11.7. The lowest BCUT2D eigenvalue weighted by Crippen LogP contribution is -2.28. The third-order valence-corrected chi connectivity index (χ3v) is 5.25. The molecule has 1 aliphatic rings. The molecule has 1 aromatic carbocycles. The Morgan fingerprint density at radius 3 is 2.46 bits per heavy atom. The Balaban J connectivity index is 1.88. The standard InChI is InChI=1S/C22H30N4O2/c1-5-26(6-2)11-12-28-20-10-9-18(25-22(27)17-7-8-17)13-19(20)21-15(3)23-14-24-16(21)4/h9-10,13-14,17H,5-8,11-12H2,1-4H3,(H,25,27). The van der Waals surface area contributed by atoms with Crippen molar-refractivity contribution in [2.45, 2.75) is 40.5 Å². The van der Waals surface area contributed by atoms with Crippen LogP contribution in [0.5, 0.6) is 5.75 Å². The second-order valence-electron chi connectivity index (χ2n) is 7.27. The van der Waals surface area contributed by atoms with Crippen LogP contribution < -0.4 is 10.1 Å². The van der Waals surface area contributed by atoms with E-state index in [1.807, 2.05) is 32.0 Å². The number of rotatable bonds is 9. The molecule has 0 unspecified atom stereocenters. The molecule has 150 valence electrons. The van der Waals surface area contributed by atoms with Crippen molar-refractivity contribution < 1.29 is 9.53 Å². The van der Waals surface area contributed by atoms with Gasteiger partial charge in [-0.2, -0.15) is 0 Å². The molecule has 0 spiro atoms. The summed E-state index contributed by atoms with van der Waals surface area (Å²) in [6, 6.07) is 5.82. The molecule has 0 atom stereocenters.